The molecule has 0 spiro atoms. The maximum Gasteiger partial charge on any atom is 0.269 e. The monoisotopic (exact) mass is 892 g/mol. The second-order valence-electron chi connectivity index (χ2n) is 13.1. The first-order chi connectivity index (χ1) is 29.3. The summed E-state index contributed by atoms with van der Waals surface area (Å²) in [7, 11) is 0. The summed E-state index contributed by atoms with van der Waals surface area (Å²) in [5, 5.41) is 26.3. The number of rotatable bonds is 15. The molecule has 6 heterocycles. The lowest BCUT2D eigenvalue weighted by Gasteiger charge is -1.95. The largest absolute Gasteiger partial charge is 0.269 e. The number of hydrogen-bond donors (Lipinski definition) is 0. The fourth-order valence-electron chi connectivity index (χ4n) is 5.92. The van der Waals surface area contributed by atoms with Crippen molar-refractivity contribution in [2.45, 2.75) is 0 Å². The van der Waals surface area contributed by atoms with Crippen molar-refractivity contribution in [2.24, 2.45) is 0 Å². The van der Waals surface area contributed by atoms with Crippen LogP contribution >= 0.6 is 68.0 Å². The van der Waals surface area contributed by atoms with Gasteiger partial charge in [0.25, 0.3) is 11.4 Å². The van der Waals surface area contributed by atoms with E-state index in [9.17, 15) is 20.2 Å². The first-order valence-electron chi connectivity index (χ1n) is 18.4. The normalized spacial score (nSPS) is 12.2. The number of nitrogens with zero attached hydrogens (tertiary/aromatic N) is 2. The van der Waals surface area contributed by atoms with Gasteiger partial charge in [-0.25, -0.2) is 0 Å². The van der Waals surface area contributed by atoms with Gasteiger partial charge in [-0.1, -0.05) is 36.4 Å². The molecule has 8 aromatic rings. The van der Waals surface area contributed by atoms with E-state index in [-0.39, 0.29) is 21.2 Å². The summed E-state index contributed by atoms with van der Waals surface area (Å²) in [6, 6.07) is 34.5. The van der Waals surface area contributed by atoms with Gasteiger partial charge in [0.15, 0.2) is 0 Å². The Labute approximate surface area is 370 Å². The Kier molecular flexibility index (Phi) is 13.1. The first kappa shape index (κ1) is 40.7. The van der Waals surface area contributed by atoms with E-state index in [2.05, 4.69) is 120 Å². The lowest BCUT2D eigenvalue weighted by molar-refractivity contribution is -0.385. The fourth-order valence-corrected chi connectivity index (χ4v) is 11.0. The standard InChI is InChI=1S/C48H32N2O4S6/c51-49(52)37-13-7-33(8-14-37)5-11-35-31-43(59-45(35)25-21-39-3-1-29-55-39)19-17-41-23-27-47(57-41)48-28-24-42(58-48)18-20-44-32-36(46(60-44)26-22-40-4-2-30-56-40)12-6-34-9-15-38(16-10-34)50(53)54/h1-32H/b11-5+,12-6+,19-17+,20-18+,25-21+,26-22+. The molecule has 0 unspecified atom stereocenters. The van der Waals surface area contributed by atoms with Crippen LogP contribution in [0.3, 0.4) is 0 Å². The Morgan fingerprint density at radius 2 is 0.783 bits per heavy atom. The molecule has 0 N–H and O–H groups in total. The van der Waals surface area contributed by atoms with E-state index in [0.29, 0.717) is 0 Å². The van der Waals surface area contributed by atoms with E-state index in [1.54, 1.807) is 92.3 Å². The Morgan fingerprint density at radius 3 is 1.17 bits per heavy atom. The van der Waals surface area contributed by atoms with Gasteiger partial charge in [0, 0.05) is 73.0 Å². The highest BCUT2D eigenvalue weighted by Gasteiger charge is 2.09. The second kappa shape index (κ2) is 19.3. The zero-order valence-corrected chi connectivity index (χ0v) is 36.4. The number of non-ortho nitro benzene ring substituents is 2. The van der Waals surface area contributed by atoms with Crippen molar-refractivity contribution in [3.05, 3.63) is 201 Å². The van der Waals surface area contributed by atoms with Crippen LogP contribution in [0.25, 0.3) is 82.7 Å². The van der Waals surface area contributed by atoms with Gasteiger partial charge < -0.3 is 0 Å². The highest BCUT2D eigenvalue weighted by molar-refractivity contribution is 7.23. The van der Waals surface area contributed by atoms with Crippen LogP contribution in [0.1, 0.15) is 61.3 Å². The van der Waals surface area contributed by atoms with Gasteiger partial charge in [0.2, 0.25) is 0 Å². The Balaban J connectivity index is 0.963. The van der Waals surface area contributed by atoms with Gasteiger partial charge in [-0.15, -0.1) is 68.0 Å². The molecule has 60 heavy (non-hydrogen) atoms. The molecule has 8 rings (SSSR count). The van der Waals surface area contributed by atoms with Crippen LogP contribution in [-0.4, -0.2) is 9.85 Å². The molecule has 0 atom stereocenters. The summed E-state index contributed by atoms with van der Waals surface area (Å²) in [6.07, 6.45) is 25.3. The molecule has 0 saturated carbocycles. The van der Waals surface area contributed by atoms with E-state index in [0.717, 1.165) is 41.8 Å². The molecule has 0 aliphatic rings. The zero-order valence-electron chi connectivity index (χ0n) is 31.5. The maximum absolute atomic E-state index is 11.1. The molecular formula is C48H32N2O4S6. The third-order valence-corrected chi connectivity index (χ3v) is 15.1. The van der Waals surface area contributed by atoms with Gasteiger partial charge in [0.1, 0.15) is 0 Å². The summed E-state index contributed by atoms with van der Waals surface area (Å²) in [5.74, 6) is 0. The summed E-state index contributed by atoms with van der Waals surface area (Å²) >= 11 is 10.4. The van der Waals surface area contributed by atoms with Gasteiger partial charge in [-0.2, -0.15) is 0 Å². The average Bonchev–Trinajstić information content (AvgIpc) is 4.12. The smallest absolute Gasteiger partial charge is 0.258 e. The Bertz CT molecular complexity index is 2710. The minimum absolute atomic E-state index is 0.0775. The third kappa shape index (κ3) is 10.7. The molecular weight excluding hydrogens is 861 g/mol. The van der Waals surface area contributed by atoms with Crippen molar-refractivity contribution in [1.82, 2.24) is 0 Å². The van der Waals surface area contributed by atoms with Crippen molar-refractivity contribution in [3.63, 3.8) is 0 Å². The van der Waals surface area contributed by atoms with Crippen molar-refractivity contribution in [3.8, 4) is 9.75 Å². The van der Waals surface area contributed by atoms with Crippen molar-refractivity contribution >= 4 is 152 Å². The van der Waals surface area contributed by atoms with Crippen LogP contribution in [0.15, 0.2) is 120 Å². The number of thiophene rings is 6. The topological polar surface area (TPSA) is 86.3 Å². The molecule has 2 aromatic carbocycles. The molecule has 0 aliphatic carbocycles. The maximum atomic E-state index is 11.1. The summed E-state index contributed by atoms with van der Waals surface area (Å²) in [4.78, 5) is 33.1. The quantitative estimate of drug-likeness (QED) is 0.0758. The Morgan fingerprint density at radius 1 is 0.383 bits per heavy atom. The number of nitro benzene ring substituents is 2. The predicted octanol–water partition coefficient (Wildman–Crippen LogP) is 16.6. The number of benzene rings is 2. The minimum atomic E-state index is -0.385. The third-order valence-electron chi connectivity index (χ3n) is 8.94. The van der Waals surface area contributed by atoms with Crippen molar-refractivity contribution in [2.75, 3.05) is 0 Å². The lowest BCUT2D eigenvalue weighted by atomic mass is 10.1. The van der Waals surface area contributed by atoms with Gasteiger partial charge in [-0.3, -0.25) is 20.2 Å². The number of hydrogen-bond acceptors (Lipinski definition) is 10. The van der Waals surface area contributed by atoms with Crippen molar-refractivity contribution in [1.29, 1.82) is 0 Å². The van der Waals surface area contributed by atoms with Gasteiger partial charge in [0.05, 0.1) is 9.85 Å². The molecule has 0 aliphatic heterocycles. The highest BCUT2D eigenvalue weighted by atomic mass is 32.1. The van der Waals surface area contributed by atoms with E-state index in [1.807, 2.05) is 24.3 Å². The molecule has 12 heteroatoms. The highest BCUT2D eigenvalue weighted by Crippen LogP contribution is 2.37. The Hall–Kier alpha value is -6.12. The first-order valence-corrected chi connectivity index (χ1v) is 23.5. The summed E-state index contributed by atoms with van der Waals surface area (Å²) < 4.78 is 0. The molecule has 0 radical (unpaired) electrons. The van der Waals surface area contributed by atoms with Crippen LogP contribution in [0.5, 0.6) is 0 Å². The summed E-state index contributed by atoms with van der Waals surface area (Å²) in [5.41, 5.74) is 4.12. The van der Waals surface area contributed by atoms with Crippen LogP contribution in [-0.2, 0) is 0 Å². The minimum Gasteiger partial charge on any atom is -0.258 e. The van der Waals surface area contributed by atoms with Crippen LogP contribution < -0.4 is 0 Å². The molecule has 294 valence electrons. The SMILES string of the molecule is O=[N+]([O-])c1ccc(/C=C/c2cc(/C=C/c3ccc(-c4ccc(/C=C/c5cc(/C=C/c6ccc([N+](=O)[O-])cc6)c(/C=C/c6cccs6)s5)s4)s3)sc2/C=C/c2cccs2)cc1. The van der Waals surface area contributed by atoms with E-state index in [4.69, 9.17) is 0 Å². The zero-order chi connectivity index (χ0) is 41.3. The average molecular weight is 893 g/mol. The molecule has 0 fully saturated rings. The van der Waals surface area contributed by atoms with E-state index >= 15 is 0 Å². The predicted molar refractivity (Wildman–Crippen MR) is 265 cm³/mol. The van der Waals surface area contributed by atoms with Crippen LogP contribution in [0.4, 0.5) is 11.4 Å². The summed E-state index contributed by atoms with van der Waals surface area (Å²) in [6.45, 7) is 0. The van der Waals surface area contributed by atoms with Crippen molar-refractivity contribution < 1.29 is 9.85 Å². The molecule has 0 saturated heterocycles. The molecule has 6 nitrogen and oxygen atoms in total. The number of nitro groups is 2. The molecule has 0 bridgehead atoms. The van der Waals surface area contributed by atoms with Gasteiger partial charge >= 0.3 is 0 Å². The molecule has 0 amide bonds. The van der Waals surface area contributed by atoms with Crippen LogP contribution in [0.2, 0.25) is 0 Å². The van der Waals surface area contributed by atoms with Crippen LogP contribution in [0, 0.1) is 20.2 Å². The molecule has 6 aromatic heterocycles. The fraction of sp³-hybridized carbons (Fsp3) is 0. The lowest BCUT2D eigenvalue weighted by Crippen LogP contribution is -1.86. The van der Waals surface area contributed by atoms with Gasteiger partial charge in [-0.05, 0) is 154 Å². The van der Waals surface area contributed by atoms with E-state index < -0.39 is 0 Å². The second-order valence-corrected chi connectivity index (χ2v) is 19.5. The van der Waals surface area contributed by atoms with E-state index in [1.165, 1.54) is 53.5 Å².